The minimum Gasteiger partial charge on any atom is -0.508 e. The van der Waals surface area contributed by atoms with Crippen molar-refractivity contribution >= 4 is 16.0 Å². The number of hydrogen-bond donors (Lipinski definition) is 2. The Kier molecular flexibility index (Phi) is 5.09. The molecule has 3 N–H and O–H groups in total. The molecule has 2 saturated carbocycles. The van der Waals surface area contributed by atoms with Crippen molar-refractivity contribution in [2.24, 2.45) is 22.4 Å². The lowest BCUT2D eigenvalue weighted by Gasteiger charge is -2.50. The summed E-state index contributed by atoms with van der Waals surface area (Å²) >= 11 is 0. The lowest BCUT2D eigenvalue weighted by Crippen LogP contribution is -2.45. The molecule has 170 valence electrons. The molecule has 0 amide bonds. The molecule has 0 unspecified atom stereocenters. The number of phenolic OH excluding ortho intramolecular Hbond substituents is 1. The van der Waals surface area contributed by atoms with Crippen molar-refractivity contribution in [3.63, 3.8) is 0 Å². The standard InChI is InChI=1S/C25H29NO5S/c1-25-12-11-20-19-8-6-17(27)13-15(19)5-7-21(20)22(25)9-10-23(25)31-24(28)16-3-2-4-18(14-16)32(26,29)30/h2-4,6,8,13-14,20-23,27H,5,7,9-12H2,1H3,(H2,26,29,30)/t20-,21-,22+,23+,25+/m1/s1. The number of carbonyl (C=O) groups is 1. The minimum atomic E-state index is -3.88. The molecule has 32 heavy (non-hydrogen) atoms. The number of hydrogen-bond acceptors (Lipinski definition) is 5. The summed E-state index contributed by atoms with van der Waals surface area (Å²) in [7, 11) is -3.88. The van der Waals surface area contributed by atoms with E-state index >= 15 is 0 Å². The second-order valence-corrected chi connectivity index (χ2v) is 11.4. The van der Waals surface area contributed by atoms with Crippen molar-refractivity contribution in [3.05, 3.63) is 59.2 Å². The Bertz CT molecular complexity index is 1180. The predicted molar refractivity (Wildman–Crippen MR) is 120 cm³/mol. The van der Waals surface area contributed by atoms with Gasteiger partial charge in [-0.3, -0.25) is 0 Å². The number of carbonyl (C=O) groups excluding carboxylic acids is 1. The highest BCUT2D eigenvalue weighted by molar-refractivity contribution is 7.89. The van der Waals surface area contributed by atoms with Gasteiger partial charge in [-0.15, -0.1) is 0 Å². The number of nitrogens with two attached hydrogens (primary N) is 1. The van der Waals surface area contributed by atoms with E-state index in [0.717, 1.165) is 38.5 Å². The number of ether oxygens (including phenoxy) is 1. The first-order valence-electron chi connectivity index (χ1n) is 11.3. The fraction of sp³-hybridized carbons (Fsp3) is 0.480. The summed E-state index contributed by atoms with van der Waals surface area (Å²) in [4.78, 5) is 12.8. The first kappa shape index (κ1) is 21.5. The highest BCUT2D eigenvalue weighted by Gasteiger charge is 2.56. The summed E-state index contributed by atoms with van der Waals surface area (Å²) in [6, 6.07) is 11.5. The van der Waals surface area contributed by atoms with Gasteiger partial charge in [-0.1, -0.05) is 19.1 Å². The zero-order valence-corrected chi connectivity index (χ0v) is 19.0. The zero-order chi connectivity index (χ0) is 22.7. The number of fused-ring (bicyclic) bond motifs is 5. The van der Waals surface area contributed by atoms with Crippen molar-refractivity contribution in [1.82, 2.24) is 0 Å². The SMILES string of the molecule is C[C@]12CC[C@@H]3c4ccc(O)cc4CC[C@H]3[C@@H]1CC[C@@H]2OC(=O)c1cccc(S(N)(=O)=O)c1. The van der Waals surface area contributed by atoms with E-state index in [0.29, 0.717) is 23.5 Å². The molecule has 3 aliphatic rings. The Morgan fingerprint density at radius 3 is 2.72 bits per heavy atom. The average Bonchev–Trinajstić information content (AvgIpc) is 3.09. The normalized spacial score (nSPS) is 31.3. The van der Waals surface area contributed by atoms with Gasteiger partial charge in [0.2, 0.25) is 10.0 Å². The molecule has 5 atom stereocenters. The molecule has 0 bridgehead atoms. The summed E-state index contributed by atoms with van der Waals surface area (Å²) in [5.74, 6) is 1.38. The van der Waals surface area contributed by atoms with Crippen LogP contribution in [0.3, 0.4) is 0 Å². The number of phenols is 1. The van der Waals surface area contributed by atoms with Gasteiger partial charge in [0.15, 0.2) is 0 Å². The quantitative estimate of drug-likeness (QED) is 0.677. The van der Waals surface area contributed by atoms with Crippen LogP contribution >= 0.6 is 0 Å². The molecular formula is C25H29NO5S. The maximum Gasteiger partial charge on any atom is 0.338 e. The van der Waals surface area contributed by atoms with E-state index in [9.17, 15) is 18.3 Å². The largest absolute Gasteiger partial charge is 0.508 e. The fourth-order valence-electron chi connectivity index (χ4n) is 6.71. The van der Waals surface area contributed by atoms with Crippen LogP contribution in [0.4, 0.5) is 0 Å². The second kappa shape index (κ2) is 7.59. The highest BCUT2D eigenvalue weighted by atomic mass is 32.2. The van der Waals surface area contributed by atoms with Crippen LogP contribution in [-0.4, -0.2) is 25.6 Å². The van der Waals surface area contributed by atoms with Gasteiger partial charge in [0.05, 0.1) is 10.5 Å². The van der Waals surface area contributed by atoms with Gasteiger partial charge >= 0.3 is 5.97 Å². The summed E-state index contributed by atoms with van der Waals surface area (Å²) in [6.07, 6.45) is 5.77. The number of esters is 1. The summed E-state index contributed by atoms with van der Waals surface area (Å²) < 4.78 is 29.3. The van der Waals surface area contributed by atoms with Gasteiger partial charge in [-0.2, -0.15) is 0 Å². The van der Waals surface area contributed by atoms with Crippen LogP contribution in [0.15, 0.2) is 47.4 Å². The van der Waals surface area contributed by atoms with Gasteiger partial charge in [0, 0.05) is 5.41 Å². The smallest absolute Gasteiger partial charge is 0.338 e. The number of sulfonamides is 1. The number of primary sulfonamides is 1. The Morgan fingerprint density at radius 1 is 1.12 bits per heavy atom. The molecule has 2 aromatic carbocycles. The van der Waals surface area contributed by atoms with Crippen molar-refractivity contribution in [3.8, 4) is 5.75 Å². The van der Waals surface area contributed by atoms with Crippen LogP contribution in [0.25, 0.3) is 0 Å². The van der Waals surface area contributed by atoms with Crippen molar-refractivity contribution in [1.29, 1.82) is 0 Å². The summed E-state index contributed by atoms with van der Waals surface area (Å²) in [5, 5.41) is 15.1. The third-order valence-electron chi connectivity index (χ3n) is 8.27. The van der Waals surface area contributed by atoms with Crippen LogP contribution in [0.2, 0.25) is 0 Å². The molecule has 0 saturated heterocycles. The zero-order valence-electron chi connectivity index (χ0n) is 18.2. The van der Waals surface area contributed by atoms with Gasteiger partial charge in [-0.25, -0.2) is 18.4 Å². The van der Waals surface area contributed by atoms with Gasteiger partial charge in [0.1, 0.15) is 11.9 Å². The van der Waals surface area contributed by atoms with Crippen LogP contribution in [0, 0.1) is 17.3 Å². The van der Waals surface area contributed by atoms with E-state index in [2.05, 4.69) is 13.0 Å². The monoisotopic (exact) mass is 455 g/mol. The van der Waals surface area contributed by atoms with Gasteiger partial charge in [-0.05, 0) is 97.7 Å². The molecule has 5 rings (SSSR count). The molecule has 0 radical (unpaired) electrons. The fourth-order valence-corrected chi connectivity index (χ4v) is 7.27. The van der Waals surface area contributed by atoms with Crippen molar-refractivity contribution in [2.75, 3.05) is 0 Å². The minimum absolute atomic E-state index is 0.0806. The van der Waals surface area contributed by atoms with E-state index in [4.69, 9.17) is 9.88 Å². The molecule has 0 spiro atoms. The number of rotatable bonds is 3. The third-order valence-corrected chi connectivity index (χ3v) is 9.18. The van der Waals surface area contributed by atoms with Gasteiger partial charge in [0.25, 0.3) is 0 Å². The molecule has 0 aromatic heterocycles. The van der Waals surface area contributed by atoms with E-state index in [1.807, 2.05) is 6.07 Å². The predicted octanol–water partition coefficient (Wildman–Crippen LogP) is 4.12. The lowest BCUT2D eigenvalue weighted by atomic mass is 9.55. The molecule has 6 nitrogen and oxygen atoms in total. The molecular weight excluding hydrogens is 426 g/mol. The topological polar surface area (TPSA) is 107 Å². The van der Waals surface area contributed by atoms with Crippen LogP contribution in [0.5, 0.6) is 5.75 Å². The van der Waals surface area contributed by atoms with Crippen LogP contribution in [-0.2, 0) is 21.2 Å². The average molecular weight is 456 g/mol. The van der Waals surface area contributed by atoms with E-state index in [1.165, 1.54) is 29.3 Å². The van der Waals surface area contributed by atoms with Crippen LogP contribution < -0.4 is 5.14 Å². The highest BCUT2D eigenvalue weighted by Crippen LogP contribution is 2.61. The molecule has 7 heteroatoms. The number of benzene rings is 2. The van der Waals surface area contributed by atoms with E-state index in [1.54, 1.807) is 12.1 Å². The van der Waals surface area contributed by atoms with E-state index in [-0.39, 0.29) is 22.0 Å². The molecule has 2 aromatic rings. The second-order valence-electron chi connectivity index (χ2n) is 9.89. The molecule has 0 heterocycles. The Hall–Kier alpha value is -2.38. The Morgan fingerprint density at radius 2 is 1.94 bits per heavy atom. The molecule has 3 aliphatic carbocycles. The first-order valence-corrected chi connectivity index (χ1v) is 12.9. The molecule has 0 aliphatic heterocycles. The first-order chi connectivity index (χ1) is 15.2. The summed E-state index contributed by atoms with van der Waals surface area (Å²) in [6.45, 7) is 2.26. The number of aryl methyl sites for hydroxylation is 1. The number of aromatic hydroxyl groups is 1. The third kappa shape index (κ3) is 3.52. The van der Waals surface area contributed by atoms with Crippen molar-refractivity contribution in [2.45, 2.75) is 62.4 Å². The van der Waals surface area contributed by atoms with Gasteiger partial charge < -0.3 is 9.84 Å². The van der Waals surface area contributed by atoms with Crippen molar-refractivity contribution < 1.29 is 23.1 Å². The molecule has 2 fully saturated rings. The maximum atomic E-state index is 12.9. The Labute approximate surface area is 188 Å². The summed E-state index contributed by atoms with van der Waals surface area (Å²) in [5.41, 5.74) is 2.78. The maximum absolute atomic E-state index is 12.9. The lowest BCUT2D eigenvalue weighted by molar-refractivity contribution is -0.0428. The Balaban J connectivity index is 1.35. The van der Waals surface area contributed by atoms with Crippen LogP contribution in [0.1, 0.15) is 66.4 Å². The van der Waals surface area contributed by atoms with E-state index < -0.39 is 16.0 Å².